The number of carbonyl (C=O) groups is 2. The number of aryl methyl sites for hydroxylation is 1. The average molecular weight is 309 g/mol. The van der Waals surface area contributed by atoms with Crippen LogP contribution in [0.5, 0.6) is 0 Å². The van der Waals surface area contributed by atoms with Gasteiger partial charge in [-0.2, -0.15) is 0 Å². The van der Waals surface area contributed by atoms with E-state index in [0.29, 0.717) is 23.2 Å². The van der Waals surface area contributed by atoms with Crippen LogP contribution < -0.4 is 10.6 Å². The van der Waals surface area contributed by atoms with Crippen molar-refractivity contribution < 1.29 is 9.59 Å². The van der Waals surface area contributed by atoms with E-state index in [1.807, 2.05) is 6.92 Å². The summed E-state index contributed by atoms with van der Waals surface area (Å²) in [7, 11) is 0. The van der Waals surface area contributed by atoms with Crippen LogP contribution in [-0.4, -0.2) is 18.4 Å². The molecule has 0 atom stereocenters. The molecule has 0 radical (unpaired) electrons. The van der Waals surface area contributed by atoms with Crippen LogP contribution in [0.15, 0.2) is 18.2 Å². The van der Waals surface area contributed by atoms with Gasteiger partial charge < -0.3 is 10.6 Å². The normalized spacial score (nSPS) is 15.0. The second kappa shape index (κ2) is 7.46. The first-order valence-corrected chi connectivity index (χ1v) is 7.79. The molecule has 1 aromatic carbocycles. The Bertz CT molecular complexity index is 525. The quantitative estimate of drug-likeness (QED) is 0.839. The maximum Gasteiger partial charge on any atom is 0.313 e. The van der Waals surface area contributed by atoms with Crippen molar-refractivity contribution in [3.8, 4) is 0 Å². The molecule has 1 fully saturated rings. The van der Waals surface area contributed by atoms with Crippen molar-refractivity contribution in [3.05, 3.63) is 28.8 Å². The van der Waals surface area contributed by atoms with Gasteiger partial charge in [-0.05, 0) is 37.0 Å². The zero-order chi connectivity index (χ0) is 15.2. The van der Waals surface area contributed by atoms with Crippen LogP contribution in [0.3, 0.4) is 0 Å². The SMILES string of the molecule is Cc1ccc(NC(=O)C(=O)NCCC2CCCC2)cc1Cl. The highest BCUT2D eigenvalue weighted by Gasteiger charge is 2.17. The number of rotatable bonds is 4. The molecular weight excluding hydrogens is 288 g/mol. The molecule has 0 unspecified atom stereocenters. The van der Waals surface area contributed by atoms with E-state index in [0.717, 1.165) is 12.0 Å². The average Bonchev–Trinajstić information content (AvgIpc) is 2.96. The number of amides is 2. The van der Waals surface area contributed by atoms with Crippen molar-refractivity contribution in [2.45, 2.75) is 39.0 Å². The molecule has 4 nitrogen and oxygen atoms in total. The van der Waals surface area contributed by atoms with Crippen LogP contribution >= 0.6 is 11.6 Å². The smallest absolute Gasteiger partial charge is 0.313 e. The van der Waals surface area contributed by atoms with E-state index in [4.69, 9.17) is 11.6 Å². The molecule has 21 heavy (non-hydrogen) atoms. The lowest BCUT2D eigenvalue weighted by molar-refractivity contribution is -0.136. The number of halogens is 1. The van der Waals surface area contributed by atoms with Crippen molar-refractivity contribution in [1.29, 1.82) is 0 Å². The molecule has 2 N–H and O–H groups in total. The molecule has 0 spiro atoms. The van der Waals surface area contributed by atoms with E-state index < -0.39 is 11.8 Å². The summed E-state index contributed by atoms with van der Waals surface area (Å²) in [6.07, 6.45) is 6.00. The van der Waals surface area contributed by atoms with E-state index in [2.05, 4.69) is 10.6 Å². The summed E-state index contributed by atoms with van der Waals surface area (Å²) in [4.78, 5) is 23.5. The third-order valence-corrected chi connectivity index (χ3v) is 4.36. The Kier molecular flexibility index (Phi) is 5.62. The van der Waals surface area contributed by atoms with E-state index in [1.165, 1.54) is 25.7 Å². The first-order valence-electron chi connectivity index (χ1n) is 7.41. The summed E-state index contributed by atoms with van der Waals surface area (Å²) < 4.78 is 0. The van der Waals surface area contributed by atoms with Crippen LogP contribution in [0.25, 0.3) is 0 Å². The van der Waals surface area contributed by atoms with Crippen LogP contribution in [0.1, 0.15) is 37.7 Å². The maximum absolute atomic E-state index is 11.8. The molecule has 2 rings (SSSR count). The summed E-state index contributed by atoms with van der Waals surface area (Å²) in [5, 5.41) is 5.79. The molecule has 114 valence electrons. The van der Waals surface area contributed by atoms with Gasteiger partial charge in [-0.1, -0.05) is 43.4 Å². The number of nitrogens with one attached hydrogen (secondary N) is 2. The molecule has 2 amide bonds. The van der Waals surface area contributed by atoms with Crippen molar-refractivity contribution in [1.82, 2.24) is 5.32 Å². The van der Waals surface area contributed by atoms with Gasteiger partial charge in [-0.25, -0.2) is 0 Å². The Morgan fingerprint density at radius 1 is 1.24 bits per heavy atom. The number of carbonyl (C=O) groups excluding carboxylic acids is 2. The third kappa shape index (κ3) is 4.74. The minimum Gasteiger partial charge on any atom is -0.348 e. The van der Waals surface area contributed by atoms with Crippen LogP contribution in [0, 0.1) is 12.8 Å². The van der Waals surface area contributed by atoms with Gasteiger partial charge in [-0.3, -0.25) is 9.59 Å². The van der Waals surface area contributed by atoms with E-state index in [1.54, 1.807) is 18.2 Å². The van der Waals surface area contributed by atoms with Gasteiger partial charge in [0.25, 0.3) is 0 Å². The minimum atomic E-state index is -0.652. The van der Waals surface area contributed by atoms with Gasteiger partial charge in [0, 0.05) is 17.3 Å². The Labute approximate surface area is 130 Å². The molecule has 0 aromatic heterocycles. The number of hydrogen-bond acceptors (Lipinski definition) is 2. The first kappa shape index (κ1) is 15.8. The molecule has 0 aliphatic heterocycles. The summed E-state index contributed by atoms with van der Waals surface area (Å²) in [6, 6.07) is 5.17. The van der Waals surface area contributed by atoms with Gasteiger partial charge in [0.2, 0.25) is 0 Å². The summed E-state index contributed by atoms with van der Waals surface area (Å²) in [5.74, 6) is -0.546. The van der Waals surface area contributed by atoms with Crippen LogP contribution in [-0.2, 0) is 9.59 Å². The molecule has 1 aromatic rings. The Balaban J connectivity index is 1.76. The molecule has 0 bridgehead atoms. The fourth-order valence-corrected chi connectivity index (χ4v) is 2.81. The van der Waals surface area contributed by atoms with E-state index in [9.17, 15) is 9.59 Å². The standard InChI is InChI=1S/C16H21ClN2O2/c1-11-6-7-13(10-14(11)17)19-16(21)15(20)18-9-8-12-4-2-3-5-12/h6-7,10,12H,2-5,8-9H2,1H3,(H,18,20)(H,19,21). The predicted octanol–water partition coefficient (Wildman–Crippen LogP) is 3.28. The lowest BCUT2D eigenvalue weighted by Gasteiger charge is -2.10. The number of benzene rings is 1. The lowest BCUT2D eigenvalue weighted by atomic mass is 10.0. The summed E-state index contributed by atoms with van der Waals surface area (Å²) in [6.45, 7) is 2.44. The van der Waals surface area contributed by atoms with Gasteiger partial charge in [0.15, 0.2) is 0 Å². The second-order valence-corrected chi connectivity index (χ2v) is 6.02. The van der Waals surface area contributed by atoms with Crippen molar-refractivity contribution >= 4 is 29.1 Å². The van der Waals surface area contributed by atoms with Crippen molar-refractivity contribution in [3.63, 3.8) is 0 Å². The van der Waals surface area contributed by atoms with Crippen LogP contribution in [0.4, 0.5) is 5.69 Å². The fraction of sp³-hybridized carbons (Fsp3) is 0.500. The van der Waals surface area contributed by atoms with E-state index in [-0.39, 0.29) is 0 Å². The topological polar surface area (TPSA) is 58.2 Å². The Morgan fingerprint density at radius 3 is 2.62 bits per heavy atom. The van der Waals surface area contributed by atoms with Crippen molar-refractivity contribution in [2.75, 3.05) is 11.9 Å². The predicted molar refractivity (Wildman–Crippen MR) is 84.4 cm³/mol. The molecule has 0 heterocycles. The highest BCUT2D eigenvalue weighted by molar-refractivity contribution is 6.39. The summed E-state index contributed by atoms with van der Waals surface area (Å²) >= 11 is 5.98. The minimum absolute atomic E-state index is 0.529. The second-order valence-electron chi connectivity index (χ2n) is 5.61. The molecule has 1 saturated carbocycles. The van der Waals surface area contributed by atoms with Gasteiger partial charge in [0.1, 0.15) is 0 Å². The number of anilines is 1. The highest BCUT2D eigenvalue weighted by atomic mass is 35.5. The molecule has 1 aliphatic carbocycles. The van der Waals surface area contributed by atoms with E-state index >= 15 is 0 Å². The fourth-order valence-electron chi connectivity index (χ4n) is 2.63. The van der Waals surface area contributed by atoms with Gasteiger partial charge in [-0.15, -0.1) is 0 Å². The lowest BCUT2D eigenvalue weighted by Crippen LogP contribution is -2.36. The third-order valence-electron chi connectivity index (χ3n) is 3.95. The number of hydrogen-bond donors (Lipinski definition) is 2. The summed E-state index contributed by atoms with van der Waals surface area (Å²) in [5.41, 5.74) is 1.46. The zero-order valence-corrected chi connectivity index (χ0v) is 13.0. The van der Waals surface area contributed by atoms with Gasteiger partial charge in [0.05, 0.1) is 0 Å². The molecule has 1 aliphatic rings. The monoisotopic (exact) mass is 308 g/mol. The molecular formula is C16H21ClN2O2. The van der Waals surface area contributed by atoms with Crippen molar-refractivity contribution in [2.24, 2.45) is 5.92 Å². The first-order chi connectivity index (χ1) is 10.1. The largest absolute Gasteiger partial charge is 0.348 e. The molecule has 0 saturated heterocycles. The molecule has 5 heteroatoms. The Morgan fingerprint density at radius 2 is 1.95 bits per heavy atom. The maximum atomic E-state index is 11.8. The highest BCUT2D eigenvalue weighted by Crippen LogP contribution is 2.26. The van der Waals surface area contributed by atoms with Gasteiger partial charge >= 0.3 is 11.8 Å². The Hall–Kier alpha value is -1.55. The zero-order valence-electron chi connectivity index (χ0n) is 12.2. The van der Waals surface area contributed by atoms with Crippen LogP contribution in [0.2, 0.25) is 5.02 Å².